The van der Waals surface area contributed by atoms with E-state index in [1.165, 1.54) is 23.8 Å². The smallest absolute Gasteiger partial charge is 1.00 e. The fourth-order valence-electron chi connectivity index (χ4n) is 1.46. The minimum atomic E-state index is -0.307. The second-order valence-electron chi connectivity index (χ2n) is 3.65. The van der Waals surface area contributed by atoms with E-state index in [1.54, 1.807) is 0 Å². The predicted octanol–water partition coefficient (Wildman–Crippen LogP) is 0.137. The fourth-order valence-corrected chi connectivity index (χ4v) is 1.46. The summed E-state index contributed by atoms with van der Waals surface area (Å²) in [4.78, 5) is 0. The molecule has 2 rings (SSSR count). The van der Waals surface area contributed by atoms with Crippen LogP contribution in [0.1, 0.15) is 11.1 Å². The third-order valence-corrected chi connectivity index (χ3v) is 2.21. The molecule has 18 heavy (non-hydrogen) atoms. The van der Waals surface area contributed by atoms with Crippen LogP contribution < -0.4 is 21.7 Å². The molecule has 0 aliphatic heterocycles. The van der Waals surface area contributed by atoms with Crippen molar-refractivity contribution in [2.45, 2.75) is 13.5 Å². The van der Waals surface area contributed by atoms with Crippen molar-refractivity contribution >= 4 is 23.1 Å². The molecule has 0 bridgehead atoms. The number of hydrogen-bond donors (Lipinski definition) is 0. The van der Waals surface area contributed by atoms with E-state index in [0.29, 0.717) is 12.4 Å². The van der Waals surface area contributed by atoms with Gasteiger partial charge in [-0.3, -0.25) is 0 Å². The first-order valence-corrected chi connectivity index (χ1v) is 5.09. The minimum absolute atomic E-state index is 0. The molecule has 1 nitrogen and oxygen atoms in total. The molecule has 0 aromatic heterocycles. The molecule has 0 aliphatic rings. The average molecular weight is 319 g/mol. The van der Waals surface area contributed by atoms with Crippen LogP contribution in [0, 0.1) is 18.8 Å². The van der Waals surface area contributed by atoms with Gasteiger partial charge < -0.3 is 21.7 Å². The van der Waals surface area contributed by atoms with Crippen molar-refractivity contribution in [3.63, 3.8) is 0 Å². The zero-order chi connectivity index (χ0) is 11.4. The van der Waals surface area contributed by atoms with Crippen molar-refractivity contribution in [1.29, 1.82) is 0 Å². The summed E-state index contributed by atoms with van der Waals surface area (Å²) in [7, 11) is 0. The monoisotopic (exact) mass is 318 g/mol. The van der Waals surface area contributed by atoms with Gasteiger partial charge in [0.2, 0.25) is 0 Å². The summed E-state index contributed by atoms with van der Waals surface area (Å²) in [5, 5.41) is 0. The Morgan fingerprint density at radius 3 is 2.67 bits per heavy atom. The van der Waals surface area contributed by atoms with Gasteiger partial charge in [0.1, 0.15) is 6.61 Å². The van der Waals surface area contributed by atoms with Gasteiger partial charge in [0.05, 0.1) is 0 Å². The van der Waals surface area contributed by atoms with Gasteiger partial charge in [-0.25, -0.2) is 4.39 Å². The summed E-state index contributed by atoms with van der Waals surface area (Å²) in [6.45, 7) is 2.46. The number of hydrogen-bond acceptors (Lipinski definition) is 1. The normalized spacial score (nSPS) is 9.00. The Kier molecular flexibility index (Phi) is 8.23. The van der Waals surface area contributed by atoms with Crippen LogP contribution in [0.15, 0.2) is 42.5 Å². The Morgan fingerprint density at radius 2 is 2.00 bits per heavy atom. The van der Waals surface area contributed by atoms with Crippen LogP contribution >= 0.6 is 0 Å². The largest absolute Gasteiger partial charge is 2.00 e. The second-order valence-corrected chi connectivity index (χ2v) is 3.65. The number of ether oxygens (including phenoxy) is 1. The van der Waals surface area contributed by atoms with E-state index in [0.717, 1.165) is 5.56 Å². The van der Waals surface area contributed by atoms with Crippen LogP contribution in [-0.4, -0.2) is 23.1 Å². The molecule has 0 atom stereocenters. The molecule has 2 aromatic carbocycles. The number of aryl methyl sites for hydroxylation is 1. The molecule has 0 heterocycles. The van der Waals surface area contributed by atoms with Crippen LogP contribution in [0.5, 0.6) is 5.75 Å². The molecule has 0 N–H and O–H groups in total. The second kappa shape index (κ2) is 8.51. The SMILES string of the molecule is Cc1cccc(COc2[c-]ccc(F)c2)c1.[Br-].[Mg+2]. The maximum absolute atomic E-state index is 12.9. The van der Waals surface area contributed by atoms with Crippen molar-refractivity contribution in [2.24, 2.45) is 0 Å². The van der Waals surface area contributed by atoms with E-state index >= 15 is 0 Å². The maximum Gasteiger partial charge on any atom is 2.00 e. The molecule has 4 heteroatoms. The number of benzene rings is 2. The van der Waals surface area contributed by atoms with Crippen molar-refractivity contribution in [3.8, 4) is 5.75 Å². The molecule has 0 saturated heterocycles. The van der Waals surface area contributed by atoms with Gasteiger partial charge in [-0.15, -0.1) is 12.1 Å². The first-order valence-electron chi connectivity index (χ1n) is 5.09. The molecule has 0 fully saturated rings. The van der Waals surface area contributed by atoms with Gasteiger partial charge in [0.15, 0.2) is 0 Å². The van der Waals surface area contributed by atoms with Crippen LogP contribution in [-0.2, 0) is 6.61 Å². The Balaban J connectivity index is 0.00000144. The third kappa shape index (κ3) is 5.37. The van der Waals surface area contributed by atoms with Crippen molar-refractivity contribution in [2.75, 3.05) is 0 Å². The molecule has 0 radical (unpaired) electrons. The molecule has 0 aliphatic carbocycles. The van der Waals surface area contributed by atoms with Crippen LogP contribution in [0.2, 0.25) is 0 Å². The zero-order valence-electron chi connectivity index (χ0n) is 10.1. The topological polar surface area (TPSA) is 9.23 Å². The van der Waals surface area contributed by atoms with Gasteiger partial charge in [0.25, 0.3) is 0 Å². The minimum Gasteiger partial charge on any atom is -1.00 e. The Labute approximate surface area is 133 Å². The summed E-state index contributed by atoms with van der Waals surface area (Å²) in [6, 6.07) is 15.0. The molecule has 2 aromatic rings. The number of halogens is 2. The molecule has 0 amide bonds. The van der Waals surface area contributed by atoms with E-state index in [1.807, 2.05) is 31.2 Å². The van der Waals surface area contributed by atoms with Crippen molar-refractivity contribution in [1.82, 2.24) is 0 Å². The quantitative estimate of drug-likeness (QED) is 0.578. The Bertz CT molecular complexity index is 445. The first-order chi connectivity index (χ1) is 7.74. The predicted molar refractivity (Wildman–Crippen MR) is 66.5 cm³/mol. The molecule has 90 valence electrons. The fraction of sp³-hybridized carbons (Fsp3) is 0.143. The van der Waals surface area contributed by atoms with Gasteiger partial charge in [-0.2, -0.15) is 6.07 Å². The zero-order valence-corrected chi connectivity index (χ0v) is 13.1. The maximum atomic E-state index is 12.9. The third-order valence-electron chi connectivity index (χ3n) is 2.21. The standard InChI is InChI=1S/C14H12FO.BrH.Mg/c1-11-4-2-5-12(8-11)10-16-14-7-3-6-13(15)9-14;;/h2-6,8-9H,10H2,1H3;1H;/q-1;;+2/p-1. The van der Waals surface area contributed by atoms with Crippen molar-refractivity contribution < 1.29 is 26.1 Å². The van der Waals surface area contributed by atoms with E-state index in [2.05, 4.69) is 6.07 Å². The Morgan fingerprint density at radius 1 is 1.22 bits per heavy atom. The number of rotatable bonds is 3. The van der Waals surface area contributed by atoms with Gasteiger partial charge in [-0.1, -0.05) is 35.9 Å². The van der Waals surface area contributed by atoms with Gasteiger partial charge >= 0.3 is 23.1 Å². The van der Waals surface area contributed by atoms with Crippen LogP contribution in [0.25, 0.3) is 0 Å². The van der Waals surface area contributed by atoms with Crippen molar-refractivity contribution in [3.05, 3.63) is 65.5 Å². The molecular formula is C14H12BrFMgO. The summed E-state index contributed by atoms with van der Waals surface area (Å²) < 4.78 is 18.3. The molecule has 0 saturated carbocycles. The average Bonchev–Trinajstić information content (AvgIpc) is 2.27. The summed E-state index contributed by atoms with van der Waals surface area (Å²) in [5.74, 6) is 0.125. The first kappa shape index (κ1) is 17.4. The van der Waals surface area contributed by atoms with E-state index < -0.39 is 0 Å². The van der Waals surface area contributed by atoms with E-state index in [-0.39, 0.29) is 45.9 Å². The summed E-state index contributed by atoms with van der Waals surface area (Å²) in [6.07, 6.45) is 0. The summed E-state index contributed by atoms with van der Waals surface area (Å²) >= 11 is 0. The van der Waals surface area contributed by atoms with Gasteiger partial charge in [0, 0.05) is 11.6 Å². The molecule has 0 spiro atoms. The van der Waals surface area contributed by atoms with Gasteiger partial charge in [-0.05, 0) is 12.5 Å². The van der Waals surface area contributed by atoms with E-state index in [9.17, 15) is 4.39 Å². The summed E-state index contributed by atoms with van der Waals surface area (Å²) in [5.41, 5.74) is 2.25. The van der Waals surface area contributed by atoms with Crippen LogP contribution in [0.4, 0.5) is 4.39 Å². The Hall–Kier alpha value is -0.584. The molecule has 0 unspecified atom stereocenters. The molecular weight excluding hydrogens is 307 g/mol. The van der Waals surface area contributed by atoms with E-state index in [4.69, 9.17) is 4.74 Å². The van der Waals surface area contributed by atoms with Crippen LogP contribution in [0.3, 0.4) is 0 Å².